The number of aromatic nitrogens is 1. The van der Waals surface area contributed by atoms with Gasteiger partial charge in [-0.2, -0.15) is 0 Å². The molecule has 1 fully saturated rings. The molecule has 2 heterocycles. The van der Waals surface area contributed by atoms with Crippen molar-refractivity contribution in [1.29, 1.82) is 0 Å². The van der Waals surface area contributed by atoms with Crippen LogP contribution in [-0.2, 0) is 20.9 Å². The van der Waals surface area contributed by atoms with Crippen molar-refractivity contribution in [3.63, 3.8) is 0 Å². The molecule has 0 N–H and O–H groups in total. The van der Waals surface area contributed by atoms with Gasteiger partial charge in [-0.25, -0.2) is 19.2 Å². The zero-order chi connectivity index (χ0) is 30.8. The van der Waals surface area contributed by atoms with Crippen LogP contribution < -0.4 is 9.64 Å². The summed E-state index contributed by atoms with van der Waals surface area (Å²) in [5.74, 6) is 0.632. The molecule has 3 atom stereocenters. The Morgan fingerprint density at radius 2 is 1.84 bits per heavy atom. The van der Waals surface area contributed by atoms with E-state index in [1.807, 2.05) is 48.5 Å². The van der Waals surface area contributed by atoms with E-state index in [1.54, 1.807) is 24.3 Å². The molecule has 3 amide bonds. The standard InChI is InChI=1S/C31H38N3O6PS2/c1-4-6-7-8-27(40-19-21-9-15-24(38-3)16-10-21)22-11-13-23(14-12-22)33-26(28(35)34(41)31(33)37)17-18-42-30-32-25(20-43-30)29(36)39-5-2/h9-16,20,26-27H,4-8,17-19,41H2,1-3H3/t26-,27?/m0/s1. The Balaban J connectivity index is 1.43. The van der Waals surface area contributed by atoms with E-state index in [2.05, 4.69) is 21.3 Å². The number of carbonyl (C=O) groups excluding carboxylic acids is 3. The number of hydrogen-bond acceptors (Lipinski definition) is 9. The molecule has 3 aromatic rings. The lowest BCUT2D eigenvalue weighted by atomic mass is 10.0. The van der Waals surface area contributed by atoms with E-state index in [-0.39, 0.29) is 30.3 Å². The van der Waals surface area contributed by atoms with E-state index in [1.165, 1.54) is 23.1 Å². The highest BCUT2D eigenvalue weighted by molar-refractivity contribution is 8.01. The van der Waals surface area contributed by atoms with Gasteiger partial charge >= 0.3 is 12.0 Å². The molecule has 0 aliphatic carbocycles. The molecule has 0 spiro atoms. The molecule has 1 aliphatic heterocycles. The molecule has 2 aromatic carbocycles. The number of anilines is 1. The molecular formula is C31H38N3O6PS2. The molecule has 43 heavy (non-hydrogen) atoms. The van der Waals surface area contributed by atoms with Gasteiger partial charge in [0.25, 0.3) is 5.91 Å². The van der Waals surface area contributed by atoms with Gasteiger partial charge in [-0.3, -0.25) is 9.69 Å². The van der Waals surface area contributed by atoms with Gasteiger partial charge in [-0.15, -0.1) is 11.3 Å². The second kappa shape index (κ2) is 16.2. The van der Waals surface area contributed by atoms with Gasteiger partial charge in [-0.1, -0.05) is 62.2 Å². The summed E-state index contributed by atoms with van der Waals surface area (Å²) in [5, 5.41) is 1.67. The van der Waals surface area contributed by atoms with Gasteiger partial charge < -0.3 is 14.2 Å². The van der Waals surface area contributed by atoms with Gasteiger partial charge in [0.1, 0.15) is 11.8 Å². The van der Waals surface area contributed by atoms with Gasteiger partial charge in [-0.05, 0) is 64.5 Å². The van der Waals surface area contributed by atoms with Gasteiger partial charge in [0, 0.05) is 16.8 Å². The van der Waals surface area contributed by atoms with Crippen molar-refractivity contribution >= 4 is 56.1 Å². The predicted octanol–water partition coefficient (Wildman–Crippen LogP) is 7.28. The molecule has 9 nitrogen and oxygen atoms in total. The fraction of sp³-hybridized carbons (Fsp3) is 0.419. The van der Waals surface area contributed by atoms with E-state index < -0.39 is 12.0 Å². The third-order valence-corrected chi connectivity index (χ3v) is 9.58. The first-order chi connectivity index (χ1) is 20.9. The lowest BCUT2D eigenvalue weighted by molar-refractivity contribution is -0.123. The van der Waals surface area contributed by atoms with Crippen molar-refractivity contribution in [2.45, 2.75) is 69.0 Å². The van der Waals surface area contributed by atoms with Gasteiger partial charge in [0.2, 0.25) is 0 Å². The number of imide groups is 1. The first kappa shape index (κ1) is 32.9. The van der Waals surface area contributed by atoms with Crippen LogP contribution >= 0.6 is 32.5 Å². The maximum Gasteiger partial charge on any atom is 0.357 e. The Labute approximate surface area is 263 Å². The number of esters is 1. The fourth-order valence-corrected chi connectivity index (χ4v) is 6.89. The average molecular weight is 644 g/mol. The highest BCUT2D eigenvalue weighted by atomic mass is 32.2. The van der Waals surface area contributed by atoms with Crippen molar-refractivity contribution in [1.82, 2.24) is 9.65 Å². The highest BCUT2D eigenvalue weighted by Gasteiger charge is 2.43. The van der Waals surface area contributed by atoms with Crippen LogP contribution in [0.3, 0.4) is 0 Å². The number of thiazole rings is 1. The SMILES string of the molecule is CCCCCC(OCc1ccc(OC)cc1)c1ccc(N2C(=O)N(P)C(=O)[C@@H]2CCSc2nc(C(=O)OCC)cs2)cc1. The number of unbranched alkanes of at least 4 members (excludes halogenated alkanes) is 2. The molecular weight excluding hydrogens is 605 g/mol. The summed E-state index contributed by atoms with van der Waals surface area (Å²) in [6, 6.07) is 14.6. The van der Waals surface area contributed by atoms with Gasteiger partial charge in [0.05, 0.1) is 26.4 Å². The number of thioether (sulfide) groups is 1. The zero-order valence-electron chi connectivity index (χ0n) is 24.7. The molecule has 0 bridgehead atoms. The topological polar surface area (TPSA) is 98.3 Å². The van der Waals surface area contributed by atoms with Crippen molar-refractivity contribution in [3.05, 3.63) is 70.7 Å². The summed E-state index contributed by atoms with van der Waals surface area (Å²) in [5.41, 5.74) is 3.03. The first-order valence-electron chi connectivity index (χ1n) is 14.4. The van der Waals surface area contributed by atoms with Crippen LogP contribution in [-0.4, -0.2) is 53.1 Å². The second-order valence-corrected chi connectivity index (χ2v) is 12.7. The van der Waals surface area contributed by atoms with Crippen molar-refractivity contribution in [3.8, 4) is 5.75 Å². The number of hydrogen-bond donors (Lipinski definition) is 0. The van der Waals surface area contributed by atoms with Crippen LogP contribution in [0.5, 0.6) is 5.75 Å². The molecule has 0 saturated carbocycles. The van der Waals surface area contributed by atoms with Crippen LogP contribution in [0.1, 0.15) is 73.7 Å². The largest absolute Gasteiger partial charge is 0.497 e. The minimum absolute atomic E-state index is 0.0955. The monoisotopic (exact) mass is 643 g/mol. The van der Waals surface area contributed by atoms with Crippen molar-refractivity contribution < 1.29 is 28.6 Å². The molecule has 4 rings (SSSR count). The lowest BCUT2D eigenvalue weighted by Gasteiger charge is -2.23. The van der Waals surface area contributed by atoms with E-state index in [9.17, 15) is 14.4 Å². The molecule has 1 aliphatic rings. The number of amides is 3. The summed E-state index contributed by atoms with van der Waals surface area (Å²) < 4.78 is 18.4. The molecule has 2 unspecified atom stereocenters. The molecule has 1 aromatic heterocycles. The van der Waals surface area contributed by atoms with Crippen molar-refractivity contribution in [2.24, 2.45) is 0 Å². The fourth-order valence-electron chi connectivity index (χ4n) is 4.73. The summed E-state index contributed by atoms with van der Waals surface area (Å²) in [6.07, 6.45) is 4.52. The maximum atomic E-state index is 13.1. The van der Waals surface area contributed by atoms with Crippen LogP contribution in [0.2, 0.25) is 0 Å². The summed E-state index contributed by atoms with van der Waals surface area (Å²) in [4.78, 5) is 43.9. The quantitative estimate of drug-likeness (QED) is 0.0528. The second-order valence-electron chi connectivity index (χ2n) is 9.97. The molecule has 0 radical (unpaired) electrons. The Morgan fingerprint density at radius 3 is 2.51 bits per heavy atom. The Hall–Kier alpha value is -2.98. The van der Waals surface area contributed by atoms with Crippen molar-refractivity contribution in [2.75, 3.05) is 24.4 Å². The number of benzene rings is 2. The lowest BCUT2D eigenvalue weighted by Crippen LogP contribution is -2.35. The van der Waals surface area contributed by atoms with Crippen LogP contribution in [0.25, 0.3) is 0 Å². The Morgan fingerprint density at radius 1 is 1.09 bits per heavy atom. The number of ether oxygens (including phenoxy) is 3. The van der Waals surface area contributed by atoms with Crippen LogP contribution in [0.15, 0.2) is 58.3 Å². The molecule has 1 saturated heterocycles. The first-order valence-corrected chi connectivity index (χ1v) is 16.8. The number of urea groups is 1. The normalized spacial score (nSPS) is 15.7. The number of nitrogens with zero attached hydrogens (tertiary/aromatic N) is 3. The number of carbonyl (C=O) groups is 3. The summed E-state index contributed by atoms with van der Waals surface area (Å²) in [6.45, 7) is 4.69. The Bertz CT molecular complexity index is 1370. The Kier molecular flexibility index (Phi) is 12.4. The smallest absolute Gasteiger partial charge is 0.357 e. The van der Waals surface area contributed by atoms with Crippen LogP contribution in [0, 0.1) is 0 Å². The highest BCUT2D eigenvalue weighted by Crippen LogP contribution is 2.34. The minimum atomic E-state index is -0.639. The van der Waals surface area contributed by atoms with Gasteiger partial charge in [0.15, 0.2) is 10.0 Å². The number of methoxy groups -OCH3 is 1. The van der Waals surface area contributed by atoms with E-state index >= 15 is 0 Å². The van der Waals surface area contributed by atoms with E-state index in [0.717, 1.165) is 47.2 Å². The molecule has 12 heteroatoms. The summed E-state index contributed by atoms with van der Waals surface area (Å²) in [7, 11) is 3.89. The zero-order valence-corrected chi connectivity index (χ0v) is 27.5. The predicted molar refractivity (Wildman–Crippen MR) is 173 cm³/mol. The van der Waals surface area contributed by atoms with Crippen LogP contribution in [0.4, 0.5) is 10.5 Å². The maximum absolute atomic E-state index is 13.1. The number of rotatable bonds is 16. The third kappa shape index (κ3) is 8.56. The third-order valence-electron chi connectivity index (χ3n) is 7.05. The average Bonchev–Trinajstić information content (AvgIpc) is 3.58. The minimum Gasteiger partial charge on any atom is -0.497 e. The van der Waals surface area contributed by atoms with E-state index in [4.69, 9.17) is 14.2 Å². The summed E-state index contributed by atoms with van der Waals surface area (Å²) >= 11 is 2.80. The van der Waals surface area contributed by atoms with E-state index in [0.29, 0.717) is 28.8 Å². The molecule has 230 valence electrons.